The van der Waals surface area contributed by atoms with Crippen molar-refractivity contribution in [2.75, 3.05) is 14.1 Å². The summed E-state index contributed by atoms with van der Waals surface area (Å²) in [5, 5.41) is 54.4. The number of hydrogen-bond acceptors (Lipinski definition) is 9. The molecule has 1 amide bonds. The molecule has 1 aromatic carbocycles. The summed E-state index contributed by atoms with van der Waals surface area (Å²) in [6.07, 6.45) is -1.70. The Hall–Kier alpha value is -2.92. The molecule has 0 radical (unpaired) electrons. The summed E-state index contributed by atoms with van der Waals surface area (Å²) in [4.78, 5) is 39.8. The van der Waals surface area contributed by atoms with Crippen LogP contribution in [0.3, 0.4) is 0 Å². The molecule has 3 aliphatic carbocycles. The molecule has 4 rings (SSSR count). The van der Waals surface area contributed by atoms with Gasteiger partial charge in [-0.3, -0.25) is 19.3 Å². The molecular formula is C21H21ClN2O8. The first-order valence-electron chi connectivity index (χ1n) is 9.69. The Balaban J connectivity index is 2.03. The third-order valence-corrected chi connectivity index (χ3v) is 6.97. The molecule has 0 saturated heterocycles. The van der Waals surface area contributed by atoms with Crippen molar-refractivity contribution in [2.24, 2.45) is 17.6 Å². The van der Waals surface area contributed by atoms with Crippen LogP contribution in [0.2, 0.25) is 5.02 Å². The summed E-state index contributed by atoms with van der Waals surface area (Å²) in [6.45, 7) is 0. The fourth-order valence-electron chi connectivity index (χ4n) is 5.24. The van der Waals surface area contributed by atoms with Gasteiger partial charge in [-0.25, -0.2) is 0 Å². The number of hydrogen-bond donors (Lipinski definition) is 6. The minimum atomic E-state index is -2.77. The second kappa shape index (κ2) is 7.04. The molecule has 3 aliphatic rings. The van der Waals surface area contributed by atoms with Crippen LogP contribution in [0.1, 0.15) is 23.7 Å². The average Bonchev–Trinajstić information content (AvgIpc) is 2.69. The number of ketones is 2. The van der Waals surface area contributed by atoms with Crippen LogP contribution in [0.25, 0.3) is 5.76 Å². The van der Waals surface area contributed by atoms with Gasteiger partial charge in [-0.2, -0.15) is 0 Å². The van der Waals surface area contributed by atoms with Crippen molar-refractivity contribution in [3.63, 3.8) is 0 Å². The second-order valence-electron chi connectivity index (χ2n) is 8.47. The zero-order chi connectivity index (χ0) is 23.9. The van der Waals surface area contributed by atoms with E-state index >= 15 is 0 Å². The number of Topliss-reactive ketones (excluding diaryl/α,β-unsaturated/α-hetero) is 2. The van der Waals surface area contributed by atoms with Gasteiger partial charge in [0.1, 0.15) is 22.8 Å². The number of primary amides is 1. The Labute approximate surface area is 186 Å². The van der Waals surface area contributed by atoms with Crippen LogP contribution in [-0.4, -0.2) is 73.6 Å². The van der Waals surface area contributed by atoms with Gasteiger partial charge in [0, 0.05) is 28.0 Å². The van der Waals surface area contributed by atoms with Gasteiger partial charge in [-0.05, 0) is 32.6 Å². The lowest BCUT2D eigenvalue weighted by molar-refractivity contribution is -0.155. The van der Waals surface area contributed by atoms with Crippen molar-refractivity contribution in [1.82, 2.24) is 4.90 Å². The number of aromatic hydroxyl groups is 1. The van der Waals surface area contributed by atoms with Crippen molar-refractivity contribution in [3.8, 4) is 5.75 Å². The molecular weight excluding hydrogens is 444 g/mol. The quantitative estimate of drug-likeness (QED) is 0.331. The molecule has 0 heterocycles. The number of aliphatic hydroxyl groups excluding tert-OH is 3. The van der Waals surface area contributed by atoms with E-state index in [2.05, 4.69) is 0 Å². The zero-order valence-corrected chi connectivity index (χ0v) is 17.8. The number of benzene rings is 1. The molecule has 10 nitrogen and oxygen atoms in total. The van der Waals surface area contributed by atoms with Gasteiger partial charge in [-0.1, -0.05) is 11.6 Å². The van der Waals surface area contributed by atoms with Crippen LogP contribution in [0, 0.1) is 11.8 Å². The molecule has 11 heteroatoms. The van der Waals surface area contributed by atoms with E-state index in [0.717, 1.165) is 0 Å². The standard InChI is InChI=1S/C21H21ClN2O8/c1-24(2)14-7-5-6-10(16(27)12-9(25)4-3-8(22)11(12)15(6)26)18(29)21(7,32)19(30)13(17(14)28)20(23)31/h3-4,6-7,14-15,25-27,30,32H,5H2,1-2H3,(H2,23,31)/t6-,7-,14?,15-,21-/m1/s1. The van der Waals surface area contributed by atoms with E-state index in [0.29, 0.717) is 0 Å². The lowest BCUT2D eigenvalue weighted by atomic mass is 9.57. The van der Waals surface area contributed by atoms with Gasteiger partial charge < -0.3 is 31.3 Å². The van der Waals surface area contributed by atoms with E-state index < -0.39 is 75.5 Å². The number of amides is 1. The summed E-state index contributed by atoms with van der Waals surface area (Å²) < 4.78 is 0. The first-order valence-corrected chi connectivity index (χ1v) is 10.1. The topological polar surface area (TPSA) is 182 Å². The molecule has 0 bridgehead atoms. The maximum atomic E-state index is 13.6. The predicted molar refractivity (Wildman–Crippen MR) is 111 cm³/mol. The maximum Gasteiger partial charge on any atom is 0.255 e. The number of nitrogens with two attached hydrogens (primary N) is 1. The van der Waals surface area contributed by atoms with E-state index in [1.54, 1.807) is 0 Å². The monoisotopic (exact) mass is 464 g/mol. The molecule has 7 N–H and O–H groups in total. The van der Waals surface area contributed by atoms with E-state index in [-0.39, 0.29) is 22.6 Å². The molecule has 5 atom stereocenters. The maximum absolute atomic E-state index is 13.6. The first-order chi connectivity index (χ1) is 14.8. The summed E-state index contributed by atoms with van der Waals surface area (Å²) in [5.74, 6) is -8.19. The summed E-state index contributed by atoms with van der Waals surface area (Å²) in [5.41, 5.74) is 0.845. The van der Waals surface area contributed by atoms with Gasteiger partial charge >= 0.3 is 0 Å². The average molecular weight is 465 g/mol. The molecule has 170 valence electrons. The van der Waals surface area contributed by atoms with Gasteiger partial charge in [0.05, 0.1) is 17.7 Å². The normalized spacial score (nSPS) is 32.1. The van der Waals surface area contributed by atoms with Crippen molar-refractivity contribution in [1.29, 1.82) is 0 Å². The van der Waals surface area contributed by atoms with Crippen LogP contribution < -0.4 is 5.73 Å². The van der Waals surface area contributed by atoms with Crippen molar-refractivity contribution in [2.45, 2.75) is 24.2 Å². The second-order valence-corrected chi connectivity index (χ2v) is 8.87. The van der Waals surface area contributed by atoms with E-state index in [1.165, 1.54) is 31.1 Å². The van der Waals surface area contributed by atoms with Crippen molar-refractivity contribution >= 4 is 34.8 Å². The van der Waals surface area contributed by atoms with Crippen LogP contribution in [0.4, 0.5) is 0 Å². The minimum Gasteiger partial charge on any atom is -0.508 e. The summed E-state index contributed by atoms with van der Waals surface area (Å²) in [6, 6.07) is 1.25. The highest BCUT2D eigenvalue weighted by Crippen LogP contribution is 2.56. The number of phenols is 1. The summed E-state index contributed by atoms with van der Waals surface area (Å²) >= 11 is 6.19. The smallest absolute Gasteiger partial charge is 0.255 e. The molecule has 1 fully saturated rings. The zero-order valence-electron chi connectivity index (χ0n) is 17.0. The van der Waals surface area contributed by atoms with Crippen LogP contribution in [-0.2, 0) is 14.4 Å². The highest BCUT2D eigenvalue weighted by molar-refractivity contribution is 6.32. The van der Waals surface area contributed by atoms with Crippen molar-refractivity contribution in [3.05, 3.63) is 45.2 Å². The number of fused-ring (bicyclic) bond motifs is 3. The molecule has 1 unspecified atom stereocenters. The van der Waals surface area contributed by atoms with Gasteiger partial charge in [0.25, 0.3) is 5.91 Å². The largest absolute Gasteiger partial charge is 0.508 e. The predicted octanol–water partition coefficient (Wildman–Crippen LogP) is 0.108. The number of rotatable bonds is 2. The number of aliphatic hydroxyl groups is 4. The van der Waals surface area contributed by atoms with Crippen LogP contribution >= 0.6 is 11.6 Å². The first kappa shape index (κ1) is 22.3. The summed E-state index contributed by atoms with van der Waals surface area (Å²) in [7, 11) is 2.97. The highest BCUT2D eigenvalue weighted by atomic mass is 35.5. The Morgan fingerprint density at radius 3 is 2.41 bits per heavy atom. The Morgan fingerprint density at radius 2 is 1.84 bits per heavy atom. The lowest BCUT2D eigenvalue weighted by Crippen LogP contribution is -2.66. The lowest BCUT2D eigenvalue weighted by Gasteiger charge is -2.51. The van der Waals surface area contributed by atoms with E-state index in [9.17, 15) is 39.9 Å². The molecule has 0 aromatic heterocycles. The number of nitrogens with zero attached hydrogens (tertiary/aromatic N) is 1. The molecule has 1 aromatic rings. The molecule has 32 heavy (non-hydrogen) atoms. The Bertz CT molecular complexity index is 1160. The van der Waals surface area contributed by atoms with Gasteiger partial charge in [0.2, 0.25) is 5.78 Å². The Morgan fingerprint density at radius 1 is 1.22 bits per heavy atom. The molecule has 0 spiro atoms. The number of phenolic OH excluding ortho intramolecular Hbond substituents is 1. The van der Waals surface area contributed by atoms with Crippen LogP contribution in [0.5, 0.6) is 5.75 Å². The number of likely N-dealkylation sites (N-methyl/N-ethyl adjacent to an activating group) is 1. The number of carbonyl (C=O) groups excluding carboxylic acids is 3. The van der Waals surface area contributed by atoms with E-state index in [1.807, 2.05) is 0 Å². The third kappa shape index (κ3) is 2.61. The fraction of sp³-hybridized carbons (Fsp3) is 0.381. The fourth-order valence-corrected chi connectivity index (χ4v) is 5.51. The SMILES string of the molecule is CN(C)C1C(=O)C(C(N)=O)=C(O)[C@]2(O)C(=O)C3=C(O)c4c(O)ccc(Cl)c4[C@H](O)[C@@H]3C[C@H]12. The van der Waals surface area contributed by atoms with Gasteiger partial charge in [0.15, 0.2) is 11.4 Å². The number of halogens is 1. The number of carbonyl (C=O) groups is 3. The Kier molecular flexibility index (Phi) is 4.90. The molecule has 0 aliphatic heterocycles. The molecule has 1 saturated carbocycles. The van der Waals surface area contributed by atoms with Crippen molar-refractivity contribution < 1.29 is 39.9 Å². The van der Waals surface area contributed by atoms with Gasteiger partial charge in [-0.15, -0.1) is 0 Å². The van der Waals surface area contributed by atoms with Crippen LogP contribution in [0.15, 0.2) is 29.0 Å². The minimum absolute atomic E-state index is 0.00251. The van der Waals surface area contributed by atoms with E-state index in [4.69, 9.17) is 17.3 Å². The third-order valence-electron chi connectivity index (χ3n) is 6.64. The highest BCUT2D eigenvalue weighted by Gasteiger charge is 2.65.